The summed E-state index contributed by atoms with van der Waals surface area (Å²) in [5.74, 6) is 2.48. The van der Waals surface area contributed by atoms with Crippen molar-refractivity contribution in [2.75, 3.05) is 20.2 Å². The highest BCUT2D eigenvalue weighted by atomic mass is 31.2. The fourth-order valence-corrected chi connectivity index (χ4v) is 9.84. The summed E-state index contributed by atoms with van der Waals surface area (Å²) < 4.78 is 42.4. The minimum atomic E-state index is -3.72. The van der Waals surface area contributed by atoms with Crippen LogP contribution in [0.2, 0.25) is 0 Å². The van der Waals surface area contributed by atoms with Crippen molar-refractivity contribution in [3.8, 4) is 0 Å². The monoisotopic (exact) mass is 500 g/mol. The van der Waals surface area contributed by atoms with Crippen LogP contribution >= 0.6 is 15.0 Å². The van der Waals surface area contributed by atoms with E-state index in [4.69, 9.17) is 9.05 Å². The van der Waals surface area contributed by atoms with Crippen molar-refractivity contribution in [2.45, 2.75) is 31.8 Å². The molecule has 2 aromatic rings. The molecule has 9 heteroatoms. The molecule has 0 N–H and O–H groups in total. The zero-order valence-electron chi connectivity index (χ0n) is 19.4. The van der Waals surface area contributed by atoms with E-state index in [0.29, 0.717) is 19.4 Å². The van der Waals surface area contributed by atoms with Crippen LogP contribution in [0.3, 0.4) is 0 Å². The van der Waals surface area contributed by atoms with Gasteiger partial charge in [-0.15, -0.1) is 0 Å². The van der Waals surface area contributed by atoms with Crippen molar-refractivity contribution in [1.29, 1.82) is 0 Å². The molecule has 2 aliphatic rings. The van der Waals surface area contributed by atoms with Gasteiger partial charge in [-0.1, -0.05) is 72.8 Å². The third-order valence-electron chi connectivity index (χ3n) is 6.11. The van der Waals surface area contributed by atoms with Crippen LogP contribution in [0, 0.1) is 0 Å². The lowest BCUT2D eigenvalue weighted by Gasteiger charge is -2.35. The number of carbonyl (C=O) groups excluding carboxylic acids is 1. The molecule has 2 heterocycles. The van der Waals surface area contributed by atoms with Crippen LogP contribution in [-0.2, 0) is 35.8 Å². The lowest BCUT2D eigenvalue weighted by molar-refractivity contribution is -0.145. The predicted octanol–water partition coefficient (Wildman–Crippen LogP) is 5.46. The second kappa shape index (κ2) is 10.6. The lowest BCUT2D eigenvalue weighted by atomic mass is 10.1. The molecule has 4 rings (SSSR count). The van der Waals surface area contributed by atoms with Gasteiger partial charge < -0.3 is 4.74 Å². The standard InChI is InChI=1S/C25H30N2O5P2/c1-21(19-22-11-5-3-6-12-22)26-15-9-17-33(26,29)32-34(30)18-10-16-27(34)24(25(28)31-2)20-23-13-7-4-8-14-23/h3-14,17-18,21,24H,15-16,19-20H2,1-2H3. The Labute approximate surface area is 201 Å². The molecule has 0 aliphatic carbocycles. The topological polar surface area (TPSA) is 76.1 Å². The van der Waals surface area contributed by atoms with Crippen LogP contribution in [0.15, 0.2) is 84.4 Å². The number of nitrogens with zero attached hydrogens (tertiary/aromatic N) is 2. The Balaban J connectivity index is 1.56. The number of rotatable bonds is 9. The summed E-state index contributed by atoms with van der Waals surface area (Å²) in [6.45, 7) is 2.67. The van der Waals surface area contributed by atoms with E-state index in [1.54, 1.807) is 16.8 Å². The second-order valence-corrected chi connectivity index (χ2v) is 13.0. The first kappa shape index (κ1) is 24.8. The SMILES string of the molecule is COC(=O)C(Cc1ccccc1)N1CC=CP1(=O)OP1(=O)C=CCN1C(C)Cc1ccccc1. The third kappa shape index (κ3) is 5.35. The summed E-state index contributed by atoms with van der Waals surface area (Å²) in [4.78, 5) is 12.7. The van der Waals surface area contributed by atoms with Crippen molar-refractivity contribution in [3.63, 3.8) is 0 Å². The van der Waals surface area contributed by atoms with Crippen molar-refractivity contribution in [2.24, 2.45) is 0 Å². The van der Waals surface area contributed by atoms with Crippen LogP contribution in [-0.4, -0.2) is 47.6 Å². The van der Waals surface area contributed by atoms with Gasteiger partial charge in [0.1, 0.15) is 6.04 Å². The van der Waals surface area contributed by atoms with Crippen LogP contribution in [0.4, 0.5) is 0 Å². The highest BCUT2D eigenvalue weighted by molar-refractivity contribution is 7.73. The van der Waals surface area contributed by atoms with Gasteiger partial charge in [0.25, 0.3) is 0 Å². The molecule has 0 aromatic heterocycles. The summed E-state index contributed by atoms with van der Waals surface area (Å²) >= 11 is 0. The first-order valence-electron chi connectivity index (χ1n) is 11.3. The average molecular weight is 500 g/mol. The van der Waals surface area contributed by atoms with Gasteiger partial charge in [0.05, 0.1) is 7.11 Å². The van der Waals surface area contributed by atoms with Gasteiger partial charge >= 0.3 is 21.0 Å². The highest BCUT2D eigenvalue weighted by Gasteiger charge is 2.48. The Morgan fingerprint density at radius 3 is 1.91 bits per heavy atom. The Kier molecular flexibility index (Phi) is 7.71. The molecule has 4 atom stereocenters. The number of ether oxygens (including phenoxy) is 1. The molecule has 0 saturated heterocycles. The molecule has 0 saturated carbocycles. The highest BCUT2D eigenvalue weighted by Crippen LogP contribution is 2.71. The Hall–Kier alpha value is -2.27. The molecule has 2 aromatic carbocycles. The minimum absolute atomic E-state index is 0.101. The quantitative estimate of drug-likeness (QED) is 0.334. The summed E-state index contributed by atoms with van der Waals surface area (Å²) in [7, 11) is -5.95. The van der Waals surface area contributed by atoms with Crippen molar-refractivity contribution >= 4 is 21.0 Å². The number of carbonyl (C=O) groups is 1. The second-order valence-electron chi connectivity index (χ2n) is 8.49. The fourth-order valence-electron chi connectivity index (χ4n) is 4.41. The molecule has 0 radical (unpaired) electrons. The molecule has 34 heavy (non-hydrogen) atoms. The lowest BCUT2D eigenvalue weighted by Crippen LogP contribution is -2.40. The summed E-state index contributed by atoms with van der Waals surface area (Å²) in [6, 6.07) is 18.5. The van der Waals surface area contributed by atoms with Gasteiger partial charge in [-0.3, -0.25) is 13.9 Å². The van der Waals surface area contributed by atoms with E-state index >= 15 is 0 Å². The maximum Gasteiger partial charge on any atom is 0.323 e. The fraction of sp³-hybridized carbons (Fsp3) is 0.320. The molecule has 4 unspecified atom stereocenters. The van der Waals surface area contributed by atoms with Crippen molar-refractivity contribution in [1.82, 2.24) is 9.34 Å². The normalized spacial score (nSPS) is 26.5. The van der Waals surface area contributed by atoms with Crippen molar-refractivity contribution in [3.05, 3.63) is 95.6 Å². The van der Waals surface area contributed by atoms with Gasteiger partial charge in [-0.05, 0) is 30.9 Å². The first-order chi connectivity index (χ1) is 16.3. The van der Waals surface area contributed by atoms with E-state index in [9.17, 15) is 13.9 Å². The first-order valence-corrected chi connectivity index (χ1v) is 14.6. The van der Waals surface area contributed by atoms with E-state index in [1.165, 1.54) is 23.4 Å². The largest absolute Gasteiger partial charge is 0.468 e. The maximum absolute atomic E-state index is 14.1. The minimum Gasteiger partial charge on any atom is -0.468 e. The van der Waals surface area contributed by atoms with E-state index in [1.807, 2.05) is 67.6 Å². The molecule has 0 spiro atoms. The molecule has 2 aliphatic heterocycles. The molecule has 0 bridgehead atoms. The number of esters is 1. The Bertz CT molecular complexity index is 1150. The number of methoxy groups -OCH3 is 1. The summed E-state index contributed by atoms with van der Waals surface area (Å²) in [6.07, 6.45) is 4.47. The maximum atomic E-state index is 14.1. The molecule has 0 fully saturated rings. The van der Waals surface area contributed by atoms with Crippen LogP contribution < -0.4 is 0 Å². The Morgan fingerprint density at radius 1 is 0.853 bits per heavy atom. The van der Waals surface area contributed by atoms with Gasteiger partial charge in [0, 0.05) is 30.8 Å². The van der Waals surface area contributed by atoms with E-state index < -0.39 is 27.1 Å². The summed E-state index contributed by atoms with van der Waals surface area (Å²) in [5, 5.41) is 0. The average Bonchev–Trinajstić information content (AvgIpc) is 3.40. The van der Waals surface area contributed by atoms with E-state index in [-0.39, 0.29) is 12.6 Å². The number of hydrogen-bond acceptors (Lipinski definition) is 5. The smallest absolute Gasteiger partial charge is 0.323 e. The molecule has 7 nitrogen and oxygen atoms in total. The van der Waals surface area contributed by atoms with E-state index in [2.05, 4.69) is 0 Å². The molecular weight excluding hydrogens is 470 g/mol. The third-order valence-corrected chi connectivity index (χ3v) is 11.6. The van der Waals surface area contributed by atoms with Crippen molar-refractivity contribution < 1.29 is 23.0 Å². The number of benzene rings is 2. The van der Waals surface area contributed by atoms with Crippen LogP contribution in [0.25, 0.3) is 0 Å². The molecule has 0 amide bonds. The number of hydrogen-bond donors (Lipinski definition) is 0. The van der Waals surface area contributed by atoms with Gasteiger partial charge in [-0.2, -0.15) is 0 Å². The van der Waals surface area contributed by atoms with Crippen LogP contribution in [0.1, 0.15) is 18.1 Å². The zero-order chi connectivity index (χ0) is 24.2. The van der Waals surface area contributed by atoms with E-state index in [0.717, 1.165) is 11.1 Å². The van der Waals surface area contributed by atoms with Gasteiger partial charge in [0.2, 0.25) is 0 Å². The molecule has 180 valence electrons. The van der Waals surface area contributed by atoms with Gasteiger partial charge in [0.15, 0.2) is 0 Å². The van der Waals surface area contributed by atoms with Gasteiger partial charge in [-0.25, -0.2) is 13.7 Å². The Morgan fingerprint density at radius 2 is 1.35 bits per heavy atom. The predicted molar refractivity (Wildman–Crippen MR) is 134 cm³/mol. The zero-order valence-corrected chi connectivity index (χ0v) is 21.2. The summed E-state index contributed by atoms with van der Waals surface area (Å²) in [5.41, 5.74) is 2.03. The molecular formula is C25H30N2O5P2. The van der Waals surface area contributed by atoms with Crippen LogP contribution in [0.5, 0.6) is 0 Å².